The van der Waals surface area contributed by atoms with Gasteiger partial charge in [-0.25, -0.2) is 13.5 Å². The minimum atomic E-state index is -3.65. The summed E-state index contributed by atoms with van der Waals surface area (Å²) in [6.45, 7) is 0.593. The Balaban J connectivity index is 3.33. The molecule has 0 radical (unpaired) electrons. The van der Waals surface area contributed by atoms with Gasteiger partial charge in [0.15, 0.2) is 0 Å². The summed E-state index contributed by atoms with van der Waals surface area (Å²) in [7, 11) is -2.13. The first-order chi connectivity index (χ1) is 9.24. The molecule has 20 heavy (non-hydrogen) atoms. The predicted molar refractivity (Wildman–Crippen MR) is 87.8 cm³/mol. The van der Waals surface area contributed by atoms with E-state index in [9.17, 15) is 13.0 Å². The molecule has 1 N–H and O–H groups in total. The molecule has 1 aromatic carbocycles. The lowest BCUT2D eigenvalue weighted by Gasteiger charge is -2.31. The van der Waals surface area contributed by atoms with Crippen molar-refractivity contribution in [2.75, 3.05) is 17.4 Å². The molecular weight excluding hydrogens is 315 g/mol. The summed E-state index contributed by atoms with van der Waals surface area (Å²) >= 11 is 1.17. The topological polar surface area (TPSA) is 66.5 Å². The lowest BCUT2D eigenvalue weighted by molar-refractivity contribution is 0.576. The minimum absolute atomic E-state index is 0.0845. The molecule has 0 amide bonds. The Labute approximate surface area is 125 Å². The molecule has 8 heteroatoms. The Morgan fingerprint density at radius 3 is 2.30 bits per heavy atom. The van der Waals surface area contributed by atoms with Gasteiger partial charge < -0.3 is 0 Å². The summed E-state index contributed by atoms with van der Waals surface area (Å²) in [5.41, 5.74) is 0.406. The van der Waals surface area contributed by atoms with Crippen LogP contribution in [-0.2, 0) is 14.6 Å². The number of rotatable bonds is 7. The van der Waals surface area contributed by atoms with Crippen molar-refractivity contribution in [3.05, 3.63) is 30.3 Å². The van der Waals surface area contributed by atoms with Crippen LogP contribution < -0.4 is 9.16 Å². The number of nitrogens with one attached hydrogen (secondary N) is 1. The van der Waals surface area contributed by atoms with Gasteiger partial charge in [0.25, 0.3) is 0 Å². The maximum absolute atomic E-state index is 13.1. The molecule has 0 spiro atoms. The Morgan fingerprint density at radius 1 is 1.35 bits per heavy atom. The van der Waals surface area contributed by atoms with Crippen LogP contribution >= 0.6 is 18.0 Å². The molecule has 0 aromatic heterocycles. The Bertz CT molecular complexity index is 578. The van der Waals surface area contributed by atoms with E-state index >= 15 is 0 Å². The summed E-state index contributed by atoms with van der Waals surface area (Å²) in [6, 6.07) is 8.52. The molecule has 0 heterocycles. The monoisotopic (exact) mass is 336 g/mol. The largest absolute Gasteiger partial charge is 0.306 e. The van der Waals surface area contributed by atoms with Crippen LogP contribution in [0.2, 0.25) is 0 Å². The zero-order valence-electron chi connectivity index (χ0n) is 12.1. The van der Waals surface area contributed by atoms with Gasteiger partial charge >= 0.3 is 6.65 Å². The fourth-order valence-electron chi connectivity index (χ4n) is 1.60. The third-order valence-corrected chi connectivity index (χ3v) is 10.7. The van der Waals surface area contributed by atoms with Crippen molar-refractivity contribution < 1.29 is 13.0 Å². The van der Waals surface area contributed by atoms with Crippen molar-refractivity contribution >= 4 is 33.7 Å². The average molecular weight is 336 g/mol. The van der Waals surface area contributed by atoms with Crippen LogP contribution in [0.3, 0.4) is 0 Å². The molecule has 0 bridgehead atoms. The maximum Gasteiger partial charge on any atom is 0.306 e. The summed E-state index contributed by atoms with van der Waals surface area (Å²) in [4.78, 5) is 0. The van der Waals surface area contributed by atoms with Crippen molar-refractivity contribution in [3.8, 4) is 0 Å². The summed E-state index contributed by atoms with van der Waals surface area (Å²) in [5, 5.41) is 2.80. The highest BCUT2D eigenvalue weighted by Crippen LogP contribution is 2.62. The van der Waals surface area contributed by atoms with Gasteiger partial charge in [-0.2, -0.15) is 4.08 Å². The Kier molecular flexibility index (Phi) is 6.13. The van der Waals surface area contributed by atoms with Gasteiger partial charge in [-0.15, -0.1) is 0 Å². The van der Waals surface area contributed by atoms with Gasteiger partial charge in [0, 0.05) is 5.25 Å². The van der Waals surface area contributed by atoms with Gasteiger partial charge in [0.1, 0.15) is 0 Å². The fourth-order valence-corrected chi connectivity index (χ4v) is 9.56. The molecule has 0 fully saturated rings. The molecule has 1 rings (SSSR count). The van der Waals surface area contributed by atoms with Gasteiger partial charge in [-0.3, -0.25) is 4.57 Å². The number of para-hydroxylation sites is 1. The molecule has 0 saturated carbocycles. The number of nitrogens with zero attached hydrogens (tertiary/aromatic N) is 1. The molecule has 0 saturated heterocycles. The lowest BCUT2D eigenvalue weighted by Crippen LogP contribution is -2.30. The van der Waals surface area contributed by atoms with Crippen molar-refractivity contribution in [2.45, 2.75) is 25.5 Å². The number of hydrogen-bond acceptors (Lipinski definition) is 4. The average Bonchev–Trinajstić information content (AvgIpc) is 2.38. The van der Waals surface area contributed by atoms with E-state index in [0.717, 1.165) is 16.8 Å². The molecule has 2 atom stereocenters. The first-order valence-electron chi connectivity index (χ1n) is 6.28. The smallest absolute Gasteiger partial charge is 0.269 e. The van der Waals surface area contributed by atoms with Crippen molar-refractivity contribution in [2.24, 2.45) is 0 Å². The Morgan fingerprint density at radius 2 is 1.90 bits per heavy atom. The highest BCUT2D eigenvalue weighted by molar-refractivity contribution is 8.59. The van der Waals surface area contributed by atoms with Crippen LogP contribution in [0, 0.1) is 0 Å². The number of sulfonamides is 1. The molecule has 2 unspecified atom stereocenters. The first-order valence-corrected chi connectivity index (χ1v) is 11.3. The van der Waals surface area contributed by atoms with E-state index in [0.29, 0.717) is 5.69 Å². The van der Waals surface area contributed by atoms with Crippen molar-refractivity contribution in [1.29, 1.82) is 0 Å². The van der Waals surface area contributed by atoms with Crippen molar-refractivity contribution in [3.63, 3.8) is 0 Å². The van der Waals surface area contributed by atoms with E-state index in [1.54, 1.807) is 30.3 Å². The second-order valence-electron chi connectivity index (χ2n) is 4.41. The van der Waals surface area contributed by atoms with Crippen LogP contribution in [0.1, 0.15) is 20.3 Å². The highest BCUT2D eigenvalue weighted by Gasteiger charge is 2.38. The zero-order valence-corrected chi connectivity index (χ0v) is 14.6. The molecule has 0 aliphatic carbocycles. The van der Waals surface area contributed by atoms with E-state index in [2.05, 4.69) is 5.09 Å². The van der Waals surface area contributed by atoms with Crippen LogP contribution in [0.4, 0.5) is 5.69 Å². The van der Waals surface area contributed by atoms with E-state index in [1.165, 1.54) is 18.4 Å². The molecule has 114 valence electrons. The number of hydrogen-bond donors (Lipinski definition) is 1. The summed E-state index contributed by atoms with van der Waals surface area (Å²) < 4.78 is 38.3. The third kappa shape index (κ3) is 4.25. The van der Waals surface area contributed by atoms with Gasteiger partial charge in [-0.05, 0) is 25.6 Å². The molecule has 1 aromatic rings. The van der Waals surface area contributed by atoms with Crippen LogP contribution in [0.15, 0.2) is 30.3 Å². The second-order valence-corrected chi connectivity index (χ2v) is 11.5. The quantitative estimate of drug-likeness (QED) is 0.774. The number of benzene rings is 1. The standard InChI is InChI=1S/C12H21N2O3PS2/c1-5-11(2)19-18(15,13-3)14(20(4,16)17)12-9-7-6-8-10-12/h6-11H,5H2,1-4H3,(H,13,15). The first kappa shape index (κ1) is 17.6. The molecular formula is C12H21N2O3PS2. The van der Waals surface area contributed by atoms with Crippen LogP contribution in [0.25, 0.3) is 0 Å². The fraction of sp³-hybridized carbons (Fsp3) is 0.500. The summed E-state index contributed by atoms with van der Waals surface area (Å²) in [5.74, 6) is 0. The van der Waals surface area contributed by atoms with Gasteiger partial charge in [-0.1, -0.05) is 43.4 Å². The molecule has 0 aliphatic heterocycles. The van der Waals surface area contributed by atoms with Crippen LogP contribution in [0.5, 0.6) is 0 Å². The van der Waals surface area contributed by atoms with Gasteiger partial charge in [0.2, 0.25) is 10.0 Å². The number of anilines is 1. The third-order valence-electron chi connectivity index (χ3n) is 2.71. The zero-order chi connectivity index (χ0) is 15.4. The SMILES string of the molecule is CCC(C)SP(=O)(NC)N(c1ccccc1)S(C)(=O)=O. The molecule has 0 aliphatic rings. The van der Waals surface area contributed by atoms with E-state index in [1.807, 2.05) is 13.8 Å². The predicted octanol–water partition coefficient (Wildman–Crippen LogP) is 3.31. The normalized spacial score (nSPS) is 16.4. The summed E-state index contributed by atoms with van der Waals surface area (Å²) in [6.07, 6.45) is 1.88. The second kappa shape index (κ2) is 6.98. The van der Waals surface area contributed by atoms with E-state index in [-0.39, 0.29) is 5.25 Å². The van der Waals surface area contributed by atoms with Crippen molar-refractivity contribution in [1.82, 2.24) is 5.09 Å². The van der Waals surface area contributed by atoms with Crippen LogP contribution in [-0.4, -0.2) is 27.0 Å². The maximum atomic E-state index is 13.1. The lowest BCUT2D eigenvalue weighted by atomic mass is 10.3. The van der Waals surface area contributed by atoms with Gasteiger partial charge in [0.05, 0.1) is 11.9 Å². The van der Waals surface area contributed by atoms with E-state index in [4.69, 9.17) is 0 Å². The van der Waals surface area contributed by atoms with E-state index < -0.39 is 16.7 Å². The highest BCUT2D eigenvalue weighted by atomic mass is 32.7. The molecule has 5 nitrogen and oxygen atoms in total. The minimum Gasteiger partial charge on any atom is -0.269 e. The Hall–Kier alpha value is -0.490.